The van der Waals surface area contributed by atoms with E-state index >= 15 is 0 Å². The third kappa shape index (κ3) is 4.34. The molecule has 0 saturated carbocycles. The fourth-order valence-electron chi connectivity index (χ4n) is 2.56. The lowest BCUT2D eigenvalue weighted by Crippen LogP contribution is -2.30. The van der Waals surface area contributed by atoms with E-state index in [-0.39, 0.29) is 5.57 Å². The number of hydrogen-bond acceptors (Lipinski definition) is 4. The normalized spacial score (nSPS) is 25.5. The SMILES string of the molecule is C=C(C(=O)O)C1C(CCCCCCCC)OC(=O)C1O. The molecule has 1 rings (SSSR count). The lowest BCUT2D eigenvalue weighted by atomic mass is 9.88. The molecular formula is C15H24O5. The first-order valence-corrected chi connectivity index (χ1v) is 7.29. The van der Waals surface area contributed by atoms with Crippen molar-refractivity contribution in [2.24, 2.45) is 5.92 Å². The Morgan fingerprint density at radius 1 is 1.25 bits per heavy atom. The molecule has 3 atom stereocenters. The predicted octanol–water partition coefficient (Wildman–Crippen LogP) is 2.28. The van der Waals surface area contributed by atoms with Gasteiger partial charge in [-0.3, -0.25) is 0 Å². The van der Waals surface area contributed by atoms with E-state index in [4.69, 9.17) is 9.84 Å². The van der Waals surface area contributed by atoms with Crippen molar-refractivity contribution in [2.45, 2.75) is 64.1 Å². The minimum absolute atomic E-state index is 0.153. The molecule has 0 aliphatic carbocycles. The van der Waals surface area contributed by atoms with Crippen LogP contribution in [0, 0.1) is 5.92 Å². The van der Waals surface area contributed by atoms with Crippen molar-refractivity contribution in [1.82, 2.24) is 0 Å². The van der Waals surface area contributed by atoms with Crippen LogP contribution in [0.25, 0.3) is 0 Å². The molecule has 5 nitrogen and oxygen atoms in total. The lowest BCUT2D eigenvalue weighted by Gasteiger charge is -2.18. The molecule has 1 saturated heterocycles. The summed E-state index contributed by atoms with van der Waals surface area (Å²) in [6.45, 7) is 5.60. The maximum absolute atomic E-state index is 11.4. The minimum Gasteiger partial charge on any atom is -0.478 e. The summed E-state index contributed by atoms with van der Waals surface area (Å²) in [4.78, 5) is 22.3. The number of unbranched alkanes of at least 4 members (excludes halogenated alkanes) is 5. The molecule has 0 aromatic carbocycles. The summed E-state index contributed by atoms with van der Waals surface area (Å²) in [5, 5.41) is 18.7. The standard InChI is InChI=1S/C15H24O5/c1-3-4-5-6-7-8-9-11-12(10(2)14(17)18)13(16)15(19)20-11/h11-13,16H,2-9H2,1H3,(H,17,18). The number of aliphatic hydroxyl groups excluding tert-OH is 1. The fraction of sp³-hybridized carbons (Fsp3) is 0.733. The summed E-state index contributed by atoms with van der Waals surface area (Å²) >= 11 is 0. The molecule has 0 aromatic heterocycles. The zero-order valence-corrected chi connectivity index (χ0v) is 12.0. The number of esters is 1. The van der Waals surface area contributed by atoms with E-state index in [0.717, 1.165) is 19.3 Å². The maximum Gasteiger partial charge on any atom is 0.336 e. The van der Waals surface area contributed by atoms with Crippen LogP contribution in [0.4, 0.5) is 0 Å². The van der Waals surface area contributed by atoms with Gasteiger partial charge in [-0.1, -0.05) is 45.6 Å². The highest BCUT2D eigenvalue weighted by Crippen LogP contribution is 2.32. The van der Waals surface area contributed by atoms with Gasteiger partial charge in [0, 0.05) is 5.57 Å². The van der Waals surface area contributed by atoms with Crippen LogP contribution in [0.3, 0.4) is 0 Å². The second kappa shape index (κ2) is 8.04. The Morgan fingerprint density at radius 3 is 2.45 bits per heavy atom. The zero-order chi connectivity index (χ0) is 15.1. The van der Waals surface area contributed by atoms with E-state index in [9.17, 15) is 14.7 Å². The largest absolute Gasteiger partial charge is 0.478 e. The van der Waals surface area contributed by atoms with Crippen LogP contribution in [0.2, 0.25) is 0 Å². The average molecular weight is 284 g/mol. The second-order valence-electron chi connectivity index (χ2n) is 5.33. The number of hydrogen-bond donors (Lipinski definition) is 2. The number of cyclic esters (lactones) is 1. The van der Waals surface area contributed by atoms with Crippen LogP contribution >= 0.6 is 0 Å². The summed E-state index contributed by atoms with van der Waals surface area (Å²) in [5.74, 6) is -2.76. The predicted molar refractivity (Wildman–Crippen MR) is 74.1 cm³/mol. The number of carbonyl (C=O) groups is 2. The summed E-state index contributed by atoms with van der Waals surface area (Å²) in [6, 6.07) is 0. The molecule has 0 bridgehead atoms. The van der Waals surface area contributed by atoms with Gasteiger partial charge in [-0.25, -0.2) is 9.59 Å². The molecule has 1 fully saturated rings. The molecule has 2 N–H and O–H groups in total. The van der Waals surface area contributed by atoms with E-state index in [2.05, 4.69) is 13.5 Å². The third-order valence-electron chi connectivity index (χ3n) is 3.77. The van der Waals surface area contributed by atoms with Crippen molar-refractivity contribution in [1.29, 1.82) is 0 Å². The molecule has 1 aliphatic rings. The zero-order valence-electron chi connectivity index (χ0n) is 12.0. The topological polar surface area (TPSA) is 83.8 Å². The lowest BCUT2D eigenvalue weighted by molar-refractivity contribution is -0.147. The highest BCUT2D eigenvalue weighted by Gasteiger charge is 2.46. The molecule has 1 aliphatic heterocycles. The van der Waals surface area contributed by atoms with Crippen LogP contribution < -0.4 is 0 Å². The monoisotopic (exact) mass is 284 g/mol. The molecular weight excluding hydrogens is 260 g/mol. The summed E-state index contributed by atoms with van der Waals surface area (Å²) in [5.41, 5.74) is -0.153. The van der Waals surface area contributed by atoms with Crippen LogP contribution in [0.15, 0.2) is 12.2 Å². The Morgan fingerprint density at radius 2 is 1.85 bits per heavy atom. The number of ether oxygens (including phenoxy) is 1. The van der Waals surface area contributed by atoms with Gasteiger partial charge in [-0.05, 0) is 12.8 Å². The van der Waals surface area contributed by atoms with E-state index in [1.165, 1.54) is 19.3 Å². The van der Waals surface area contributed by atoms with Crippen molar-refractivity contribution in [3.63, 3.8) is 0 Å². The molecule has 5 heteroatoms. The Kier molecular flexibility index (Phi) is 6.71. The van der Waals surface area contributed by atoms with Crippen molar-refractivity contribution in [3.05, 3.63) is 12.2 Å². The highest BCUT2D eigenvalue weighted by atomic mass is 16.6. The first-order valence-electron chi connectivity index (χ1n) is 7.29. The van der Waals surface area contributed by atoms with Gasteiger partial charge in [0.15, 0.2) is 6.10 Å². The summed E-state index contributed by atoms with van der Waals surface area (Å²) < 4.78 is 5.07. The smallest absolute Gasteiger partial charge is 0.336 e. The van der Waals surface area contributed by atoms with E-state index in [0.29, 0.717) is 6.42 Å². The quantitative estimate of drug-likeness (QED) is 0.385. The van der Waals surface area contributed by atoms with Gasteiger partial charge in [0.1, 0.15) is 6.10 Å². The maximum atomic E-state index is 11.4. The second-order valence-corrected chi connectivity index (χ2v) is 5.33. The van der Waals surface area contributed by atoms with Crippen LogP contribution in [-0.4, -0.2) is 34.4 Å². The minimum atomic E-state index is -1.40. The molecule has 0 amide bonds. The Balaban J connectivity index is 2.44. The van der Waals surface area contributed by atoms with Gasteiger partial charge in [0.05, 0.1) is 5.92 Å². The molecule has 1 heterocycles. The van der Waals surface area contributed by atoms with Gasteiger partial charge in [-0.2, -0.15) is 0 Å². The molecule has 114 valence electrons. The van der Waals surface area contributed by atoms with E-state index in [1.54, 1.807) is 0 Å². The van der Waals surface area contributed by atoms with Gasteiger partial charge < -0.3 is 14.9 Å². The van der Waals surface area contributed by atoms with Crippen molar-refractivity contribution in [3.8, 4) is 0 Å². The Hall–Kier alpha value is -1.36. The number of carboxylic acids is 1. The van der Waals surface area contributed by atoms with Crippen LogP contribution in [0.5, 0.6) is 0 Å². The van der Waals surface area contributed by atoms with E-state index in [1.807, 2.05) is 0 Å². The number of carboxylic acid groups (broad SMARTS) is 1. The van der Waals surface area contributed by atoms with E-state index < -0.39 is 30.1 Å². The summed E-state index contributed by atoms with van der Waals surface area (Å²) in [6.07, 6.45) is 5.22. The molecule has 20 heavy (non-hydrogen) atoms. The highest BCUT2D eigenvalue weighted by molar-refractivity contribution is 5.89. The number of aliphatic hydroxyl groups is 1. The first kappa shape index (κ1) is 16.7. The first-order chi connectivity index (χ1) is 9.49. The Labute approximate surface area is 119 Å². The molecule has 0 spiro atoms. The van der Waals surface area contributed by atoms with Gasteiger partial charge in [0.2, 0.25) is 0 Å². The fourth-order valence-corrected chi connectivity index (χ4v) is 2.56. The molecule has 0 aromatic rings. The van der Waals surface area contributed by atoms with Crippen LogP contribution in [-0.2, 0) is 14.3 Å². The Bertz CT molecular complexity index is 363. The van der Waals surface area contributed by atoms with Gasteiger partial charge in [-0.15, -0.1) is 0 Å². The number of rotatable bonds is 9. The number of aliphatic carboxylic acids is 1. The van der Waals surface area contributed by atoms with Crippen LogP contribution in [0.1, 0.15) is 51.9 Å². The van der Waals surface area contributed by atoms with Crippen molar-refractivity contribution < 1.29 is 24.5 Å². The van der Waals surface area contributed by atoms with Gasteiger partial charge in [0.25, 0.3) is 0 Å². The molecule has 3 unspecified atom stereocenters. The summed E-state index contributed by atoms with van der Waals surface area (Å²) in [7, 11) is 0. The van der Waals surface area contributed by atoms with Crippen molar-refractivity contribution in [2.75, 3.05) is 0 Å². The average Bonchev–Trinajstić information content (AvgIpc) is 2.68. The molecule has 0 radical (unpaired) electrons. The van der Waals surface area contributed by atoms with Gasteiger partial charge >= 0.3 is 11.9 Å². The third-order valence-corrected chi connectivity index (χ3v) is 3.77. The number of carbonyl (C=O) groups excluding carboxylic acids is 1. The van der Waals surface area contributed by atoms with Crippen molar-refractivity contribution >= 4 is 11.9 Å².